The zero-order valence-electron chi connectivity index (χ0n) is 14.3. The molecule has 0 spiro atoms. The summed E-state index contributed by atoms with van der Waals surface area (Å²) >= 11 is 0. The zero-order chi connectivity index (χ0) is 17.2. The fourth-order valence-corrected chi connectivity index (χ4v) is 2.84. The third-order valence-electron chi connectivity index (χ3n) is 4.49. The maximum absolute atomic E-state index is 12.7. The average Bonchev–Trinajstić information content (AvgIpc) is 3.03. The number of carbonyl (C=O) groups excluding carboxylic acids is 1. The summed E-state index contributed by atoms with van der Waals surface area (Å²) in [6.45, 7) is 7.53. The lowest BCUT2D eigenvalue weighted by atomic mass is 9.80. The fraction of sp³-hybridized carbons (Fsp3) is 0.368. The number of anilines is 1. The van der Waals surface area contributed by atoms with Gasteiger partial charge in [0.05, 0.1) is 5.41 Å². The third kappa shape index (κ3) is 3.41. The Labute approximate surface area is 142 Å². The van der Waals surface area contributed by atoms with Crippen molar-refractivity contribution >= 4 is 11.6 Å². The molecule has 0 fully saturated rings. The molecule has 1 aliphatic rings. The molecule has 1 aromatic carbocycles. The first-order valence-electron chi connectivity index (χ1n) is 8.21. The van der Waals surface area contributed by atoms with E-state index < -0.39 is 5.41 Å². The van der Waals surface area contributed by atoms with Gasteiger partial charge in [0.25, 0.3) is 0 Å². The van der Waals surface area contributed by atoms with Crippen molar-refractivity contribution in [1.29, 1.82) is 0 Å². The number of nitrogens with one attached hydrogen (secondary N) is 2. The Morgan fingerprint density at radius 3 is 2.62 bits per heavy atom. The van der Waals surface area contributed by atoms with Crippen molar-refractivity contribution in [2.45, 2.75) is 27.2 Å². The molecule has 2 heterocycles. The molecule has 5 heteroatoms. The van der Waals surface area contributed by atoms with Crippen molar-refractivity contribution in [3.8, 4) is 11.3 Å². The van der Waals surface area contributed by atoms with Crippen LogP contribution in [0.2, 0.25) is 0 Å². The Balaban J connectivity index is 1.71. The molecule has 0 saturated carbocycles. The molecule has 24 heavy (non-hydrogen) atoms. The van der Waals surface area contributed by atoms with E-state index in [0.29, 0.717) is 5.89 Å². The number of benzene rings is 1. The molecule has 5 nitrogen and oxygen atoms in total. The second-order valence-electron chi connectivity index (χ2n) is 6.59. The molecule has 1 aliphatic heterocycles. The van der Waals surface area contributed by atoms with Gasteiger partial charge in [0.15, 0.2) is 5.89 Å². The van der Waals surface area contributed by atoms with Crippen LogP contribution in [-0.4, -0.2) is 24.0 Å². The Morgan fingerprint density at radius 1 is 1.29 bits per heavy atom. The minimum Gasteiger partial charge on any atom is -0.449 e. The van der Waals surface area contributed by atoms with E-state index in [9.17, 15) is 4.79 Å². The Bertz CT molecular complexity index is 757. The molecule has 3 rings (SSSR count). The predicted octanol–water partition coefficient (Wildman–Crippen LogP) is 3.53. The molecule has 0 radical (unpaired) electrons. The van der Waals surface area contributed by atoms with Gasteiger partial charge in [0.2, 0.25) is 5.91 Å². The van der Waals surface area contributed by atoms with Crippen molar-refractivity contribution in [3.05, 3.63) is 48.1 Å². The first-order chi connectivity index (χ1) is 11.5. The van der Waals surface area contributed by atoms with Crippen molar-refractivity contribution in [1.82, 2.24) is 10.3 Å². The summed E-state index contributed by atoms with van der Waals surface area (Å²) < 4.78 is 5.23. The van der Waals surface area contributed by atoms with Gasteiger partial charge in [-0.25, -0.2) is 4.98 Å². The quantitative estimate of drug-likeness (QED) is 0.844. The second kappa shape index (κ2) is 6.61. The van der Waals surface area contributed by atoms with E-state index in [4.69, 9.17) is 4.42 Å². The van der Waals surface area contributed by atoms with Crippen LogP contribution in [0, 0.1) is 12.3 Å². The molecule has 1 aromatic heterocycles. The molecule has 0 atom stereocenters. The molecule has 2 N–H and O–H groups in total. The van der Waals surface area contributed by atoms with Crippen LogP contribution < -0.4 is 10.6 Å². The zero-order valence-corrected chi connectivity index (χ0v) is 14.3. The van der Waals surface area contributed by atoms with Crippen molar-refractivity contribution in [2.24, 2.45) is 5.41 Å². The number of hydrogen-bond donors (Lipinski definition) is 2. The van der Waals surface area contributed by atoms with Crippen LogP contribution in [0.5, 0.6) is 0 Å². The van der Waals surface area contributed by atoms with Crippen LogP contribution in [0.25, 0.3) is 11.3 Å². The first-order valence-corrected chi connectivity index (χ1v) is 8.21. The van der Waals surface area contributed by atoms with Gasteiger partial charge < -0.3 is 15.1 Å². The van der Waals surface area contributed by atoms with Gasteiger partial charge in [-0.2, -0.15) is 0 Å². The summed E-state index contributed by atoms with van der Waals surface area (Å²) in [5.41, 5.74) is 3.22. The van der Waals surface area contributed by atoms with E-state index in [1.807, 2.05) is 45.0 Å². The molecule has 0 unspecified atom stereocenters. The largest absolute Gasteiger partial charge is 0.449 e. The number of amides is 1. The van der Waals surface area contributed by atoms with Gasteiger partial charge in [-0.15, -0.1) is 0 Å². The second-order valence-corrected chi connectivity index (χ2v) is 6.59. The van der Waals surface area contributed by atoms with E-state index in [2.05, 4.69) is 21.7 Å². The van der Waals surface area contributed by atoms with Crippen LogP contribution in [-0.2, 0) is 4.79 Å². The molecule has 0 saturated heterocycles. The van der Waals surface area contributed by atoms with E-state index in [1.54, 1.807) is 6.26 Å². The highest BCUT2D eigenvalue weighted by molar-refractivity contribution is 5.97. The first kappa shape index (κ1) is 16.5. The van der Waals surface area contributed by atoms with Gasteiger partial charge in [-0.1, -0.05) is 23.8 Å². The van der Waals surface area contributed by atoms with Crippen LogP contribution in [0.15, 0.2) is 46.6 Å². The summed E-state index contributed by atoms with van der Waals surface area (Å²) in [5, 5.41) is 6.30. The van der Waals surface area contributed by atoms with Crippen molar-refractivity contribution < 1.29 is 9.21 Å². The lowest BCUT2D eigenvalue weighted by Crippen LogP contribution is -2.36. The lowest BCUT2D eigenvalue weighted by Gasteiger charge is -2.29. The molecule has 0 bridgehead atoms. The third-order valence-corrected chi connectivity index (χ3v) is 4.49. The van der Waals surface area contributed by atoms with Gasteiger partial charge in [-0.05, 0) is 38.9 Å². The van der Waals surface area contributed by atoms with Crippen LogP contribution >= 0.6 is 0 Å². The smallest absolute Gasteiger partial charge is 0.234 e. The summed E-state index contributed by atoms with van der Waals surface area (Å²) in [5.74, 6) is 0.653. The van der Waals surface area contributed by atoms with E-state index >= 15 is 0 Å². The standard InChI is InChI=1S/C19H23N3O2/c1-13-21-17(12-24-13)14-4-6-16(7-5-14)22-18(23)19(2,3)15-8-10-20-11-9-15/h4-8,12,20H,9-11H2,1-3H3,(H,22,23). The maximum atomic E-state index is 12.7. The number of rotatable bonds is 4. The normalized spacial score (nSPS) is 15.0. The van der Waals surface area contributed by atoms with Gasteiger partial charge in [-0.3, -0.25) is 4.79 Å². The minimum absolute atomic E-state index is 0.0145. The van der Waals surface area contributed by atoms with Gasteiger partial charge in [0, 0.05) is 24.7 Å². The number of hydrogen-bond acceptors (Lipinski definition) is 4. The van der Waals surface area contributed by atoms with Crippen LogP contribution in [0.3, 0.4) is 0 Å². The number of aryl methyl sites for hydroxylation is 1. The average molecular weight is 325 g/mol. The fourth-order valence-electron chi connectivity index (χ4n) is 2.84. The summed E-state index contributed by atoms with van der Waals surface area (Å²) in [6.07, 6.45) is 4.67. The summed E-state index contributed by atoms with van der Waals surface area (Å²) in [7, 11) is 0. The highest BCUT2D eigenvalue weighted by Crippen LogP contribution is 2.31. The maximum Gasteiger partial charge on any atom is 0.234 e. The van der Waals surface area contributed by atoms with Crippen molar-refractivity contribution in [2.75, 3.05) is 18.4 Å². The topological polar surface area (TPSA) is 67.2 Å². The molecule has 2 aromatic rings. The van der Waals surface area contributed by atoms with Crippen molar-refractivity contribution in [3.63, 3.8) is 0 Å². The SMILES string of the molecule is Cc1nc(-c2ccc(NC(=O)C(C)(C)C3=CCNCC3)cc2)co1. The summed E-state index contributed by atoms with van der Waals surface area (Å²) in [6, 6.07) is 7.65. The Hall–Kier alpha value is -2.40. The number of nitrogens with zero attached hydrogens (tertiary/aromatic N) is 1. The highest BCUT2D eigenvalue weighted by Gasteiger charge is 2.32. The molecule has 126 valence electrons. The van der Waals surface area contributed by atoms with E-state index in [0.717, 1.165) is 36.5 Å². The van der Waals surface area contributed by atoms with Gasteiger partial charge in [0.1, 0.15) is 12.0 Å². The number of aromatic nitrogens is 1. The monoisotopic (exact) mass is 325 g/mol. The Morgan fingerprint density at radius 2 is 2.04 bits per heavy atom. The number of carbonyl (C=O) groups is 1. The molecule has 1 amide bonds. The van der Waals surface area contributed by atoms with E-state index in [1.165, 1.54) is 5.57 Å². The van der Waals surface area contributed by atoms with Crippen LogP contribution in [0.1, 0.15) is 26.2 Å². The van der Waals surface area contributed by atoms with E-state index in [-0.39, 0.29) is 5.91 Å². The molecular formula is C19H23N3O2. The summed E-state index contributed by atoms with van der Waals surface area (Å²) in [4.78, 5) is 17.0. The molecular weight excluding hydrogens is 302 g/mol. The predicted molar refractivity (Wildman–Crippen MR) is 94.7 cm³/mol. The van der Waals surface area contributed by atoms with Gasteiger partial charge >= 0.3 is 0 Å². The lowest BCUT2D eigenvalue weighted by molar-refractivity contribution is -0.122. The Kier molecular flexibility index (Phi) is 4.53. The minimum atomic E-state index is -0.510. The molecule has 0 aliphatic carbocycles. The highest BCUT2D eigenvalue weighted by atomic mass is 16.3. The van der Waals surface area contributed by atoms with Crippen LogP contribution in [0.4, 0.5) is 5.69 Å². The number of oxazole rings is 1.